The molecule has 0 spiro atoms. The maximum atomic E-state index is 14.3. The molecule has 0 heterocycles. The van der Waals surface area contributed by atoms with Crippen LogP contribution in [0.15, 0.2) is 18.2 Å². The Kier molecular flexibility index (Phi) is 5.33. The van der Waals surface area contributed by atoms with Gasteiger partial charge in [-0.2, -0.15) is 0 Å². The van der Waals surface area contributed by atoms with E-state index in [0.717, 1.165) is 25.7 Å². The first-order valence-corrected chi connectivity index (χ1v) is 7.94. The minimum atomic E-state index is -0.758. The smallest absolute Gasteiger partial charge is 0.303 e. The monoisotopic (exact) mass is 306 g/mol. The van der Waals surface area contributed by atoms with E-state index >= 15 is 0 Å². The molecule has 0 atom stereocenters. The summed E-state index contributed by atoms with van der Waals surface area (Å²) in [5.74, 6) is -0.918. The maximum absolute atomic E-state index is 14.3. The Morgan fingerprint density at radius 1 is 1.23 bits per heavy atom. The van der Waals surface area contributed by atoms with Crippen LogP contribution in [0.3, 0.4) is 0 Å². The van der Waals surface area contributed by atoms with E-state index in [0.29, 0.717) is 11.1 Å². The van der Waals surface area contributed by atoms with Gasteiger partial charge < -0.3 is 5.11 Å². The Balaban J connectivity index is 2.05. The fourth-order valence-corrected chi connectivity index (χ4v) is 3.27. The summed E-state index contributed by atoms with van der Waals surface area (Å²) in [6, 6.07) is 4.79. The van der Waals surface area contributed by atoms with Crippen molar-refractivity contribution < 1.29 is 19.1 Å². The number of carbonyl (C=O) groups excluding carboxylic acids is 1. The zero-order chi connectivity index (χ0) is 16.3. The lowest BCUT2D eigenvalue weighted by molar-refractivity contribution is -0.138. The van der Waals surface area contributed by atoms with Gasteiger partial charge in [0, 0.05) is 17.9 Å². The first-order valence-electron chi connectivity index (χ1n) is 7.94. The molecule has 0 aromatic heterocycles. The minimum Gasteiger partial charge on any atom is -0.481 e. The third kappa shape index (κ3) is 3.93. The van der Waals surface area contributed by atoms with E-state index < -0.39 is 5.97 Å². The summed E-state index contributed by atoms with van der Waals surface area (Å²) in [6.07, 6.45) is 3.47. The second kappa shape index (κ2) is 7.03. The van der Waals surface area contributed by atoms with Crippen molar-refractivity contribution in [2.24, 2.45) is 11.8 Å². The maximum Gasteiger partial charge on any atom is 0.303 e. The van der Waals surface area contributed by atoms with E-state index in [1.54, 1.807) is 26.0 Å². The lowest BCUT2D eigenvalue weighted by Gasteiger charge is -2.28. The standard InChI is InChI=1S/C18H23FO3/c1-11(2)18(22)14-7-8-15(16(19)10-14)13-5-3-12(4-6-13)9-17(20)21/h7-8,10-13H,3-6,9H2,1-2H3,(H,20,21). The molecule has 22 heavy (non-hydrogen) atoms. The Morgan fingerprint density at radius 2 is 1.86 bits per heavy atom. The number of halogens is 1. The number of ketones is 1. The number of hydrogen-bond donors (Lipinski definition) is 1. The van der Waals surface area contributed by atoms with Crippen LogP contribution >= 0.6 is 0 Å². The van der Waals surface area contributed by atoms with Crippen molar-refractivity contribution in [2.75, 3.05) is 0 Å². The van der Waals surface area contributed by atoms with Crippen LogP contribution in [-0.4, -0.2) is 16.9 Å². The second-order valence-electron chi connectivity index (χ2n) is 6.57. The summed E-state index contributed by atoms with van der Waals surface area (Å²) in [7, 11) is 0. The Labute approximate surface area is 130 Å². The largest absolute Gasteiger partial charge is 0.481 e. The van der Waals surface area contributed by atoms with Gasteiger partial charge in [-0.05, 0) is 49.1 Å². The summed E-state index contributed by atoms with van der Waals surface area (Å²) >= 11 is 0. The van der Waals surface area contributed by atoms with Crippen LogP contribution in [0.4, 0.5) is 4.39 Å². The fourth-order valence-electron chi connectivity index (χ4n) is 3.27. The minimum absolute atomic E-state index is 0.0457. The predicted octanol–water partition coefficient (Wildman–Crippen LogP) is 4.41. The first-order chi connectivity index (χ1) is 10.4. The first kappa shape index (κ1) is 16.7. The molecule has 1 saturated carbocycles. The number of hydrogen-bond acceptors (Lipinski definition) is 2. The van der Waals surface area contributed by atoms with Gasteiger partial charge in [0.1, 0.15) is 5.82 Å². The van der Waals surface area contributed by atoms with Gasteiger partial charge in [0.2, 0.25) is 0 Å². The van der Waals surface area contributed by atoms with Crippen LogP contribution in [-0.2, 0) is 4.79 Å². The summed E-state index contributed by atoms with van der Waals surface area (Å²) in [4.78, 5) is 22.6. The molecule has 0 saturated heterocycles. The normalized spacial score (nSPS) is 21.8. The molecule has 4 heteroatoms. The van der Waals surface area contributed by atoms with Crippen LogP contribution < -0.4 is 0 Å². The van der Waals surface area contributed by atoms with E-state index in [1.807, 2.05) is 0 Å². The van der Waals surface area contributed by atoms with E-state index in [9.17, 15) is 14.0 Å². The molecule has 0 bridgehead atoms. The zero-order valence-corrected chi connectivity index (χ0v) is 13.1. The summed E-state index contributed by atoms with van der Waals surface area (Å²) in [5, 5.41) is 8.83. The molecule has 1 aliphatic rings. The van der Waals surface area contributed by atoms with Gasteiger partial charge in [-0.1, -0.05) is 26.0 Å². The van der Waals surface area contributed by atoms with Crippen molar-refractivity contribution in [2.45, 2.75) is 51.9 Å². The second-order valence-corrected chi connectivity index (χ2v) is 6.57. The van der Waals surface area contributed by atoms with Crippen LogP contribution in [0.1, 0.15) is 67.8 Å². The van der Waals surface area contributed by atoms with Crippen LogP contribution in [0.2, 0.25) is 0 Å². The molecular weight excluding hydrogens is 283 g/mol. The number of carboxylic acids is 1. The van der Waals surface area contributed by atoms with Gasteiger partial charge in [-0.3, -0.25) is 9.59 Å². The number of carbonyl (C=O) groups is 2. The average molecular weight is 306 g/mol. The highest BCUT2D eigenvalue weighted by molar-refractivity contribution is 5.97. The van der Waals surface area contributed by atoms with Crippen molar-refractivity contribution in [3.8, 4) is 0 Å². The van der Waals surface area contributed by atoms with Gasteiger partial charge in [0.15, 0.2) is 5.78 Å². The van der Waals surface area contributed by atoms with Gasteiger partial charge in [-0.15, -0.1) is 0 Å². The topological polar surface area (TPSA) is 54.4 Å². The van der Waals surface area contributed by atoms with Crippen molar-refractivity contribution in [1.82, 2.24) is 0 Å². The number of aliphatic carboxylic acids is 1. The molecule has 0 radical (unpaired) electrons. The molecule has 2 rings (SSSR count). The summed E-state index contributed by atoms with van der Waals surface area (Å²) < 4.78 is 14.3. The van der Waals surface area contributed by atoms with Gasteiger partial charge >= 0.3 is 5.97 Å². The van der Waals surface area contributed by atoms with Crippen molar-refractivity contribution in [3.05, 3.63) is 35.1 Å². The molecule has 1 fully saturated rings. The quantitative estimate of drug-likeness (QED) is 0.820. The van der Waals surface area contributed by atoms with E-state index in [-0.39, 0.29) is 35.8 Å². The number of carboxylic acid groups (broad SMARTS) is 1. The zero-order valence-electron chi connectivity index (χ0n) is 13.1. The van der Waals surface area contributed by atoms with Crippen molar-refractivity contribution >= 4 is 11.8 Å². The SMILES string of the molecule is CC(C)C(=O)c1ccc(C2CCC(CC(=O)O)CC2)c(F)c1. The highest BCUT2D eigenvalue weighted by atomic mass is 19.1. The Morgan fingerprint density at radius 3 is 2.36 bits per heavy atom. The fraction of sp³-hybridized carbons (Fsp3) is 0.556. The Hall–Kier alpha value is -1.71. The molecule has 1 aromatic carbocycles. The third-order valence-electron chi connectivity index (χ3n) is 4.56. The molecule has 1 aliphatic carbocycles. The van der Waals surface area contributed by atoms with Crippen LogP contribution in [0.5, 0.6) is 0 Å². The number of Topliss-reactive ketones (excluding diaryl/α,β-unsaturated/α-hetero) is 1. The predicted molar refractivity (Wildman–Crippen MR) is 82.5 cm³/mol. The molecule has 1 aromatic rings. The molecule has 1 N–H and O–H groups in total. The molecular formula is C18H23FO3. The van der Waals surface area contributed by atoms with Gasteiger partial charge in [0.25, 0.3) is 0 Å². The van der Waals surface area contributed by atoms with Crippen LogP contribution in [0.25, 0.3) is 0 Å². The van der Waals surface area contributed by atoms with Gasteiger partial charge in [-0.25, -0.2) is 4.39 Å². The molecule has 0 aliphatic heterocycles. The van der Waals surface area contributed by atoms with E-state index in [2.05, 4.69) is 0 Å². The van der Waals surface area contributed by atoms with Crippen molar-refractivity contribution in [3.63, 3.8) is 0 Å². The lowest BCUT2D eigenvalue weighted by atomic mass is 9.77. The van der Waals surface area contributed by atoms with Gasteiger partial charge in [0.05, 0.1) is 0 Å². The lowest BCUT2D eigenvalue weighted by Crippen LogP contribution is -2.17. The summed E-state index contributed by atoms with van der Waals surface area (Å²) in [5.41, 5.74) is 1.09. The average Bonchev–Trinajstić information content (AvgIpc) is 2.46. The number of rotatable bonds is 5. The van der Waals surface area contributed by atoms with E-state index in [1.165, 1.54) is 6.07 Å². The van der Waals surface area contributed by atoms with E-state index in [4.69, 9.17) is 5.11 Å². The summed E-state index contributed by atoms with van der Waals surface area (Å²) in [6.45, 7) is 3.61. The number of benzene rings is 1. The third-order valence-corrected chi connectivity index (χ3v) is 4.56. The molecule has 0 unspecified atom stereocenters. The molecule has 0 amide bonds. The highest BCUT2D eigenvalue weighted by Gasteiger charge is 2.26. The molecule has 120 valence electrons. The highest BCUT2D eigenvalue weighted by Crippen LogP contribution is 2.38. The molecule has 3 nitrogen and oxygen atoms in total. The van der Waals surface area contributed by atoms with Crippen molar-refractivity contribution in [1.29, 1.82) is 0 Å². The van der Waals surface area contributed by atoms with Crippen LogP contribution in [0, 0.1) is 17.7 Å². The Bertz CT molecular complexity index is 557.